The van der Waals surface area contributed by atoms with Gasteiger partial charge in [-0.2, -0.15) is 8.42 Å². The molecule has 7 nitrogen and oxygen atoms in total. The number of unbranched alkanes of at least 4 members (excludes halogenated alkanes) is 2. The van der Waals surface area contributed by atoms with Crippen LogP contribution in [0, 0.1) is 0 Å². The van der Waals surface area contributed by atoms with Crippen LogP contribution in [0.5, 0.6) is 11.5 Å². The monoisotopic (exact) mass is 492 g/mol. The first-order chi connectivity index (χ1) is 16.4. The summed E-state index contributed by atoms with van der Waals surface area (Å²) in [5.74, 6) is 0.466. The van der Waals surface area contributed by atoms with Gasteiger partial charge < -0.3 is 18.4 Å². The second kappa shape index (κ2) is 14.6. The Labute approximate surface area is 203 Å². The third-order valence-corrected chi connectivity index (χ3v) is 6.64. The van der Waals surface area contributed by atoms with Crippen molar-refractivity contribution in [2.45, 2.75) is 58.0 Å². The fourth-order valence-electron chi connectivity index (χ4n) is 3.34. The molecule has 0 aliphatic carbocycles. The van der Waals surface area contributed by atoms with E-state index in [0.717, 1.165) is 44.3 Å². The molecule has 0 saturated carbocycles. The molecule has 1 heterocycles. The van der Waals surface area contributed by atoms with Crippen molar-refractivity contribution in [1.82, 2.24) is 0 Å². The Morgan fingerprint density at radius 2 is 1.76 bits per heavy atom. The van der Waals surface area contributed by atoms with E-state index in [1.54, 1.807) is 30.3 Å². The van der Waals surface area contributed by atoms with Crippen molar-refractivity contribution in [3.05, 3.63) is 59.7 Å². The quantitative estimate of drug-likeness (QED) is 0.229. The molecule has 0 bridgehead atoms. The third kappa shape index (κ3) is 9.73. The largest absolute Gasteiger partial charge is 0.493 e. The maximum atomic E-state index is 11.9. The first kappa shape index (κ1) is 27.7. The molecule has 1 saturated heterocycles. The summed E-state index contributed by atoms with van der Waals surface area (Å²) in [5, 5.41) is 0. The van der Waals surface area contributed by atoms with Gasteiger partial charge in [-0.25, -0.2) is 4.79 Å². The molecule has 3 rings (SSSR count). The van der Waals surface area contributed by atoms with Crippen LogP contribution in [0.25, 0.3) is 0 Å². The SMILES string of the molecule is CCCCS(=O)(=O)Oc1ccc(CCCCC2CCO2)cc1OC.COC(=O)c1ccccc1. The number of aryl methyl sites for hydroxylation is 1. The Morgan fingerprint density at radius 1 is 1.03 bits per heavy atom. The Balaban J connectivity index is 0.000000340. The molecule has 1 fully saturated rings. The van der Waals surface area contributed by atoms with E-state index in [2.05, 4.69) is 4.74 Å². The fourth-order valence-corrected chi connectivity index (χ4v) is 4.48. The second-order valence-corrected chi connectivity index (χ2v) is 9.76. The Morgan fingerprint density at radius 3 is 2.35 bits per heavy atom. The molecular weight excluding hydrogens is 456 g/mol. The molecular formula is C26H36O7S. The van der Waals surface area contributed by atoms with E-state index >= 15 is 0 Å². The second-order valence-electron chi connectivity index (χ2n) is 8.07. The van der Waals surface area contributed by atoms with E-state index in [1.807, 2.05) is 25.1 Å². The number of hydrogen-bond donors (Lipinski definition) is 0. The molecule has 1 unspecified atom stereocenters. The van der Waals surface area contributed by atoms with Crippen LogP contribution in [0.3, 0.4) is 0 Å². The van der Waals surface area contributed by atoms with E-state index in [-0.39, 0.29) is 17.5 Å². The van der Waals surface area contributed by atoms with Gasteiger partial charge in [0, 0.05) is 6.61 Å². The number of carbonyl (C=O) groups is 1. The number of ether oxygens (including phenoxy) is 3. The first-order valence-electron chi connectivity index (χ1n) is 11.7. The van der Waals surface area contributed by atoms with Gasteiger partial charge in [-0.15, -0.1) is 0 Å². The maximum Gasteiger partial charge on any atom is 0.337 e. The Hall–Kier alpha value is -2.58. The summed E-state index contributed by atoms with van der Waals surface area (Å²) in [4.78, 5) is 10.8. The molecule has 2 aromatic carbocycles. The van der Waals surface area contributed by atoms with Crippen molar-refractivity contribution >= 4 is 16.1 Å². The topological polar surface area (TPSA) is 88.1 Å². The highest BCUT2D eigenvalue weighted by Gasteiger charge is 2.18. The summed E-state index contributed by atoms with van der Waals surface area (Å²) in [6, 6.07) is 14.3. The summed E-state index contributed by atoms with van der Waals surface area (Å²) in [6.45, 7) is 2.85. The standard InChI is InChI=1S/C18H28O5S.C8H8O2/c1-3-4-13-24(19,20)23-17-10-9-15(14-18(17)21-2)7-5-6-8-16-11-12-22-16;1-10-8(9)7-5-3-2-4-6-7/h9-10,14,16H,3-8,11-13H2,1-2H3;2-6H,1H3. The number of carbonyl (C=O) groups excluding carboxylic acids is 1. The van der Waals surface area contributed by atoms with Crippen LogP contribution in [-0.4, -0.2) is 47.1 Å². The molecule has 8 heteroatoms. The summed E-state index contributed by atoms with van der Waals surface area (Å²) >= 11 is 0. The van der Waals surface area contributed by atoms with Crippen LogP contribution in [0.2, 0.25) is 0 Å². The highest BCUT2D eigenvalue weighted by molar-refractivity contribution is 7.87. The minimum atomic E-state index is -3.56. The zero-order chi connectivity index (χ0) is 24.8. The number of esters is 1. The van der Waals surface area contributed by atoms with Crippen LogP contribution < -0.4 is 8.92 Å². The van der Waals surface area contributed by atoms with Gasteiger partial charge in [0.15, 0.2) is 11.5 Å². The molecule has 1 aliphatic rings. The molecule has 1 atom stereocenters. The highest BCUT2D eigenvalue weighted by Crippen LogP contribution is 2.30. The predicted octanol–water partition coefficient (Wildman–Crippen LogP) is 5.18. The van der Waals surface area contributed by atoms with Gasteiger partial charge in [-0.3, -0.25) is 0 Å². The molecule has 2 aromatic rings. The molecule has 1 aliphatic heterocycles. The van der Waals surface area contributed by atoms with Crippen molar-refractivity contribution in [1.29, 1.82) is 0 Å². The average Bonchev–Trinajstić information content (AvgIpc) is 2.82. The van der Waals surface area contributed by atoms with Gasteiger partial charge >= 0.3 is 16.1 Å². The smallest absolute Gasteiger partial charge is 0.337 e. The van der Waals surface area contributed by atoms with Crippen molar-refractivity contribution in [3.8, 4) is 11.5 Å². The molecule has 0 radical (unpaired) electrons. The average molecular weight is 493 g/mol. The van der Waals surface area contributed by atoms with Crippen molar-refractivity contribution in [2.24, 2.45) is 0 Å². The lowest BCUT2D eigenvalue weighted by atomic mass is 10.0. The lowest BCUT2D eigenvalue weighted by Gasteiger charge is -2.26. The van der Waals surface area contributed by atoms with Crippen molar-refractivity contribution in [3.63, 3.8) is 0 Å². The number of rotatable bonds is 12. The van der Waals surface area contributed by atoms with E-state index < -0.39 is 10.1 Å². The molecule has 34 heavy (non-hydrogen) atoms. The van der Waals surface area contributed by atoms with Gasteiger partial charge in [0.05, 0.1) is 31.6 Å². The Kier molecular flexibility index (Phi) is 11.9. The Bertz CT molecular complexity index is 970. The number of methoxy groups -OCH3 is 2. The van der Waals surface area contributed by atoms with E-state index in [0.29, 0.717) is 23.8 Å². The van der Waals surface area contributed by atoms with E-state index in [9.17, 15) is 13.2 Å². The minimum Gasteiger partial charge on any atom is -0.493 e. The molecule has 0 amide bonds. The zero-order valence-electron chi connectivity index (χ0n) is 20.3. The summed E-state index contributed by atoms with van der Waals surface area (Å²) in [6.07, 6.45) is 7.32. The number of benzene rings is 2. The molecule has 0 aromatic heterocycles. The van der Waals surface area contributed by atoms with Gasteiger partial charge in [0.2, 0.25) is 0 Å². The summed E-state index contributed by atoms with van der Waals surface area (Å²) in [5.41, 5.74) is 1.71. The molecule has 0 N–H and O–H groups in total. The van der Waals surface area contributed by atoms with Crippen LogP contribution in [-0.2, 0) is 26.0 Å². The van der Waals surface area contributed by atoms with Gasteiger partial charge in [-0.05, 0) is 61.9 Å². The van der Waals surface area contributed by atoms with Crippen molar-refractivity contribution in [2.75, 3.05) is 26.6 Å². The van der Waals surface area contributed by atoms with Crippen LogP contribution >= 0.6 is 0 Å². The van der Waals surface area contributed by atoms with Gasteiger partial charge in [-0.1, -0.05) is 44.0 Å². The van der Waals surface area contributed by atoms with Gasteiger partial charge in [0.25, 0.3) is 0 Å². The third-order valence-electron chi connectivity index (χ3n) is 5.42. The predicted molar refractivity (Wildman–Crippen MR) is 132 cm³/mol. The fraction of sp³-hybridized carbons (Fsp3) is 0.500. The highest BCUT2D eigenvalue weighted by atomic mass is 32.2. The van der Waals surface area contributed by atoms with Crippen LogP contribution in [0.15, 0.2) is 48.5 Å². The lowest BCUT2D eigenvalue weighted by molar-refractivity contribution is -0.0555. The summed E-state index contributed by atoms with van der Waals surface area (Å²) in [7, 11) is -0.666. The van der Waals surface area contributed by atoms with Gasteiger partial charge in [0.1, 0.15) is 0 Å². The minimum absolute atomic E-state index is 0.0254. The molecule has 188 valence electrons. The van der Waals surface area contributed by atoms with E-state index in [1.165, 1.54) is 20.6 Å². The lowest BCUT2D eigenvalue weighted by Crippen LogP contribution is -2.26. The molecule has 0 spiro atoms. The zero-order valence-corrected chi connectivity index (χ0v) is 21.1. The summed E-state index contributed by atoms with van der Waals surface area (Å²) < 4.78 is 44.3. The van der Waals surface area contributed by atoms with Crippen LogP contribution in [0.1, 0.15) is 61.4 Å². The maximum absolute atomic E-state index is 11.9. The first-order valence-corrected chi connectivity index (χ1v) is 13.3. The van der Waals surface area contributed by atoms with Crippen molar-refractivity contribution < 1.29 is 31.6 Å². The van der Waals surface area contributed by atoms with E-state index in [4.69, 9.17) is 13.7 Å². The number of hydrogen-bond acceptors (Lipinski definition) is 7. The van der Waals surface area contributed by atoms with Crippen LogP contribution in [0.4, 0.5) is 0 Å². The normalized spacial score (nSPS) is 14.9.